The van der Waals surface area contributed by atoms with Gasteiger partial charge in [-0.2, -0.15) is 0 Å². The van der Waals surface area contributed by atoms with Crippen molar-refractivity contribution in [3.63, 3.8) is 0 Å². The van der Waals surface area contributed by atoms with Gasteiger partial charge in [-0.05, 0) is 35.7 Å². The Labute approximate surface area is 166 Å². The Bertz CT molecular complexity index is 992. The molecule has 1 saturated heterocycles. The molecular weight excluding hydrogens is 376 g/mol. The Kier molecular flexibility index (Phi) is 4.94. The van der Waals surface area contributed by atoms with E-state index in [0.717, 1.165) is 5.56 Å². The zero-order chi connectivity index (χ0) is 20.4. The van der Waals surface area contributed by atoms with E-state index in [2.05, 4.69) is 15.6 Å². The van der Waals surface area contributed by atoms with Crippen LogP contribution in [-0.2, 0) is 27.5 Å². The number of carbonyl (C=O) groups excluding carboxylic acids is 4. The number of rotatable bonds is 4. The number of aromatic nitrogens is 1. The van der Waals surface area contributed by atoms with Crippen LogP contribution in [0.3, 0.4) is 0 Å². The Morgan fingerprint density at radius 3 is 2.76 bits per heavy atom. The van der Waals surface area contributed by atoms with Gasteiger partial charge in [0.2, 0.25) is 11.8 Å². The second-order valence-electron chi connectivity index (χ2n) is 6.83. The SMILES string of the molecule is O=C1CCC(N2Cc3ccc(COC(=O)Nc4ccncc4)cc3C2=O)C(=O)N1. The topological polar surface area (TPSA) is 118 Å². The minimum absolute atomic E-state index is 0.00407. The Hall–Kier alpha value is -3.75. The van der Waals surface area contributed by atoms with Gasteiger partial charge in [0.1, 0.15) is 12.6 Å². The summed E-state index contributed by atoms with van der Waals surface area (Å²) < 4.78 is 5.20. The van der Waals surface area contributed by atoms with Gasteiger partial charge in [-0.15, -0.1) is 0 Å². The van der Waals surface area contributed by atoms with Crippen LogP contribution < -0.4 is 10.6 Å². The molecule has 148 valence electrons. The fraction of sp³-hybridized carbons (Fsp3) is 0.250. The van der Waals surface area contributed by atoms with Gasteiger partial charge in [0.05, 0.1) is 0 Å². The number of hydrogen-bond acceptors (Lipinski definition) is 6. The summed E-state index contributed by atoms with van der Waals surface area (Å²) in [5, 5.41) is 4.86. The van der Waals surface area contributed by atoms with E-state index >= 15 is 0 Å². The quantitative estimate of drug-likeness (QED) is 0.761. The second-order valence-corrected chi connectivity index (χ2v) is 6.83. The summed E-state index contributed by atoms with van der Waals surface area (Å²) in [4.78, 5) is 53.5. The van der Waals surface area contributed by atoms with Crippen LogP contribution in [0.2, 0.25) is 0 Å². The van der Waals surface area contributed by atoms with E-state index in [1.165, 1.54) is 4.90 Å². The van der Waals surface area contributed by atoms with Crippen LogP contribution in [0.1, 0.15) is 34.3 Å². The highest BCUT2D eigenvalue weighted by Crippen LogP contribution is 2.28. The number of ether oxygens (including phenoxy) is 1. The molecule has 0 spiro atoms. The molecule has 2 aromatic rings. The Morgan fingerprint density at radius 1 is 1.21 bits per heavy atom. The molecule has 0 radical (unpaired) electrons. The molecule has 1 atom stereocenters. The molecule has 9 nitrogen and oxygen atoms in total. The van der Waals surface area contributed by atoms with Crippen molar-refractivity contribution in [2.45, 2.75) is 32.0 Å². The Morgan fingerprint density at radius 2 is 2.00 bits per heavy atom. The maximum Gasteiger partial charge on any atom is 0.411 e. The fourth-order valence-corrected chi connectivity index (χ4v) is 3.43. The van der Waals surface area contributed by atoms with E-state index in [1.54, 1.807) is 42.7 Å². The van der Waals surface area contributed by atoms with E-state index in [1.807, 2.05) is 0 Å². The highest BCUT2D eigenvalue weighted by molar-refractivity contribution is 6.05. The zero-order valence-corrected chi connectivity index (χ0v) is 15.4. The number of benzene rings is 1. The van der Waals surface area contributed by atoms with Gasteiger partial charge < -0.3 is 9.64 Å². The van der Waals surface area contributed by atoms with Crippen molar-refractivity contribution in [2.24, 2.45) is 0 Å². The van der Waals surface area contributed by atoms with Gasteiger partial charge in [-0.3, -0.25) is 30.0 Å². The predicted molar refractivity (Wildman–Crippen MR) is 101 cm³/mol. The molecule has 1 fully saturated rings. The molecule has 2 N–H and O–H groups in total. The number of carbonyl (C=O) groups is 4. The minimum Gasteiger partial charge on any atom is -0.444 e. The second kappa shape index (κ2) is 7.70. The van der Waals surface area contributed by atoms with Crippen molar-refractivity contribution in [1.29, 1.82) is 0 Å². The van der Waals surface area contributed by atoms with Gasteiger partial charge in [-0.1, -0.05) is 12.1 Å². The number of anilines is 1. The van der Waals surface area contributed by atoms with Gasteiger partial charge in [0.15, 0.2) is 0 Å². The summed E-state index contributed by atoms with van der Waals surface area (Å²) >= 11 is 0. The van der Waals surface area contributed by atoms with Gasteiger partial charge in [-0.25, -0.2) is 4.79 Å². The third-order valence-corrected chi connectivity index (χ3v) is 4.89. The van der Waals surface area contributed by atoms with Crippen molar-refractivity contribution in [3.05, 3.63) is 59.4 Å². The third-order valence-electron chi connectivity index (χ3n) is 4.89. The number of hydrogen-bond donors (Lipinski definition) is 2. The van der Waals surface area contributed by atoms with Crippen LogP contribution in [-0.4, -0.2) is 39.7 Å². The number of piperidine rings is 1. The number of pyridine rings is 1. The van der Waals surface area contributed by atoms with E-state index in [-0.39, 0.29) is 24.8 Å². The maximum absolute atomic E-state index is 12.8. The van der Waals surface area contributed by atoms with Crippen molar-refractivity contribution in [2.75, 3.05) is 5.32 Å². The molecule has 1 aromatic heterocycles. The van der Waals surface area contributed by atoms with Gasteiger partial charge >= 0.3 is 6.09 Å². The molecule has 1 unspecified atom stereocenters. The largest absolute Gasteiger partial charge is 0.444 e. The molecule has 0 bridgehead atoms. The van der Waals surface area contributed by atoms with E-state index in [4.69, 9.17) is 4.74 Å². The highest BCUT2D eigenvalue weighted by Gasteiger charge is 2.39. The van der Waals surface area contributed by atoms with Gasteiger partial charge in [0.25, 0.3) is 5.91 Å². The molecule has 3 heterocycles. The summed E-state index contributed by atoms with van der Waals surface area (Å²) in [7, 11) is 0. The lowest BCUT2D eigenvalue weighted by Crippen LogP contribution is -2.52. The summed E-state index contributed by atoms with van der Waals surface area (Å²) in [6, 6.07) is 7.86. The fourth-order valence-electron chi connectivity index (χ4n) is 3.43. The molecule has 1 aromatic carbocycles. The molecule has 2 aliphatic rings. The van der Waals surface area contributed by atoms with Crippen molar-refractivity contribution >= 4 is 29.5 Å². The predicted octanol–water partition coefficient (Wildman–Crippen LogP) is 1.59. The van der Waals surface area contributed by atoms with E-state index in [0.29, 0.717) is 29.8 Å². The first-order valence-electron chi connectivity index (χ1n) is 9.11. The summed E-state index contributed by atoms with van der Waals surface area (Å²) in [5.74, 6) is -1.03. The molecule has 4 rings (SSSR count). The lowest BCUT2D eigenvalue weighted by Gasteiger charge is -2.29. The first-order chi connectivity index (χ1) is 14.0. The van der Waals surface area contributed by atoms with Gasteiger partial charge in [0, 0.05) is 36.6 Å². The first kappa shape index (κ1) is 18.6. The zero-order valence-electron chi connectivity index (χ0n) is 15.4. The first-order valence-corrected chi connectivity index (χ1v) is 9.11. The highest BCUT2D eigenvalue weighted by atomic mass is 16.5. The monoisotopic (exact) mass is 394 g/mol. The van der Waals surface area contributed by atoms with Crippen LogP contribution in [0.25, 0.3) is 0 Å². The summed E-state index contributed by atoms with van der Waals surface area (Å²) in [6.45, 7) is 0.306. The lowest BCUT2D eigenvalue weighted by atomic mass is 10.0. The smallest absolute Gasteiger partial charge is 0.411 e. The molecular formula is C20H18N4O5. The molecule has 4 amide bonds. The average molecular weight is 394 g/mol. The van der Waals surface area contributed by atoms with Crippen LogP contribution in [0.15, 0.2) is 42.7 Å². The minimum atomic E-state index is -0.654. The van der Waals surface area contributed by atoms with Crippen LogP contribution >= 0.6 is 0 Å². The number of amides is 4. The molecule has 9 heteroatoms. The van der Waals surface area contributed by atoms with E-state index < -0.39 is 18.0 Å². The van der Waals surface area contributed by atoms with Crippen molar-refractivity contribution in [3.8, 4) is 0 Å². The number of nitrogens with zero attached hydrogens (tertiary/aromatic N) is 2. The van der Waals surface area contributed by atoms with Crippen LogP contribution in [0.5, 0.6) is 0 Å². The summed E-state index contributed by atoms with van der Waals surface area (Å²) in [6.07, 6.45) is 3.01. The van der Waals surface area contributed by atoms with Crippen molar-refractivity contribution < 1.29 is 23.9 Å². The number of nitrogens with one attached hydrogen (secondary N) is 2. The lowest BCUT2D eigenvalue weighted by molar-refractivity contribution is -0.136. The Balaban J connectivity index is 1.39. The average Bonchev–Trinajstić information content (AvgIpc) is 3.03. The molecule has 0 aliphatic carbocycles. The normalized spacial score (nSPS) is 18.3. The van der Waals surface area contributed by atoms with Crippen LogP contribution in [0.4, 0.5) is 10.5 Å². The third kappa shape index (κ3) is 3.93. The maximum atomic E-state index is 12.8. The standard InChI is InChI=1S/C20H18N4O5/c25-17-4-3-16(18(26)23-17)24-10-13-2-1-12(9-15(13)19(24)27)11-29-20(28)22-14-5-7-21-8-6-14/h1-2,5-9,16H,3-4,10-11H2,(H,21,22,28)(H,23,25,26). The molecule has 29 heavy (non-hydrogen) atoms. The summed E-state index contributed by atoms with van der Waals surface area (Å²) in [5.41, 5.74) is 2.50. The number of imide groups is 1. The van der Waals surface area contributed by atoms with Crippen molar-refractivity contribution in [1.82, 2.24) is 15.2 Å². The van der Waals surface area contributed by atoms with E-state index in [9.17, 15) is 19.2 Å². The number of fused-ring (bicyclic) bond motifs is 1. The molecule has 2 aliphatic heterocycles. The van der Waals surface area contributed by atoms with Crippen LogP contribution in [0, 0.1) is 0 Å². The molecule has 0 saturated carbocycles.